The molecule has 21 heavy (non-hydrogen) atoms. The molecule has 0 fully saturated rings. The largest absolute Gasteiger partial charge is 0.356 e. The fourth-order valence-corrected chi connectivity index (χ4v) is 1.66. The number of anilines is 1. The molecule has 2 amide bonds. The Bertz CT molecular complexity index is 533. The van der Waals surface area contributed by atoms with Crippen LogP contribution in [-0.2, 0) is 14.4 Å². The van der Waals surface area contributed by atoms with Gasteiger partial charge in [-0.25, -0.2) is 0 Å². The number of Topliss-reactive ketones (excluding diaryl/α,β-unsaturated/α-hetero) is 1. The molecule has 0 aliphatic rings. The van der Waals surface area contributed by atoms with Crippen LogP contribution >= 0.6 is 0 Å². The maximum Gasteiger partial charge on any atom is 0.231 e. The fraction of sp³-hybridized carbons (Fsp3) is 0.312. The number of nitrogens with one attached hydrogen (secondary N) is 2. The summed E-state index contributed by atoms with van der Waals surface area (Å²) in [6.07, 6.45) is 4.57. The molecule has 0 spiro atoms. The fourth-order valence-electron chi connectivity index (χ4n) is 1.66. The molecule has 1 aromatic rings. The summed E-state index contributed by atoms with van der Waals surface area (Å²) in [6.45, 7) is 3.49. The predicted octanol–water partition coefficient (Wildman–Crippen LogP) is 2.14. The number of benzene rings is 1. The SMILES string of the molecule is CC(=O)CC(=O)Nc1ccc(C=CCCNC(C)=O)cc1. The lowest BCUT2D eigenvalue weighted by molar-refractivity contribution is -0.124. The van der Waals surface area contributed by atoms with Crippen LogP contribution in [0.2, 0.25) is 0 Å². The minimum Gasteiger partial charge on any atom is -0.356 e. The van der Waals surface area contributed by atoms with Crippen LogP contribution in [0.5, 0.6) is 0 Å². The van der Waals surface area contributed by atoms with Crippen molar-refractivity contribution in [3.05, 3.63) is 35.9 Å². The van der Waals surface area contributed by atoms with E-state index in [2.05, 4.69) is 10.6 Å². The van der Waals surface area contributed by atoms with Gasteiger partial charge < -0.3 is 10.6 Å². The van der Waals surface area contributed by atoms with Crippen LogP contribution in [0.3, 0.4) is 0 Å². The molecule has 0 saturated carbocycles. The number of amides is 2. The zero-order valence-corrected chi connectivity index (χ0v) is 12.3. The first-order chi connectivity index (χ1) is 9.97. The molecule has 0 aliphatic heterocycles. The van der Waals surface area contributed by atoms with Gasteiger partial charge in [0.15, 0.2) is 0 Å². The monoisotopic (exact) mass is 288 g/mol. The van der Waals surface area contributed by atoms with Crippen LogP contribution in [0, 0.1) is 0 Å². The van der Waals surface area contributed by atoms with Gasteiger partial charge in [0, 0.05) is 19.2 Å². The van der Waals surface area contributed by atoms with Gasteiger partial charge in [0.2, 0.25) is 11.8 Å². The molecule has 0 aromatic heterocycles. The van der Waals surface area contributed by atoms with E-state index in [1.54, 1.807) is 12.1 Å². The molecule has 2 N–H and O–H groups in total. The number of carbonyl (C=O) groups excluding carboxylic acids is 3. The molecular formula is C16H20N2O3. The normalized spacial score (nSPS) is 10.4. The highest BCUT2D eigenvalue weighted by Gasteiger charge is 2.04. The number of hydrogen-bond donors (Lipinski definition) is 2. The van der Waals surface area contributed by atoms with Gasteiger partial charge >= 0.3 is 0 Å². The molecule has 1 aromatic carbocycles. The number of carbonyl (C=O) groups is 3. The van der Waals surface area contributed by atoms with Crippen LogP contribution in [-0.4, -0.2) is 24.1 Å². The molecule has 0 bridgehead atoms. The smallest absolute Gasteiger partial charge is 0.231 e. The zero-order chi connectivity index (χ0) is 15.7. The van der Waals surface area contributed by atoms with Crippen molar-refractivity contribution >= 4 is 29.4 Å². The first kappa shape index (κ1) is 16.6. The van der Waals surface area contributed by atoms with Crippen molar-refractivity contribution in [3.8, 4) is 0 Å². The molecule has 0 radical (unpaired) electrons. The highest BCUT2D eigenvalue weighted by molar-refractivity contribution is 6.03. The molecular weight excluding hydrogens is 268 g/mol. The highest BCUT2D eigenvalue weighted by Crippen LogP contribution is 2.11. The van der Waals surface area contributed by atoms with E-state index in [1.807, 2.05) is 24.3 Å². The Labute approximate surface area is 124 Å². The lowest BCUT2D eigenvalue weighted by Crippen LogP contribution is -2.20. The zero-order valence-electron chi connectivity index (χ0n) is 12.3. The molecule has 112 valence electrons. The van der Waals surface area contributed by atoms with Crippen molar-refractivity contribution in [2.24, 2.45) is 0 Å². The van der Waals surface area contributed by atoms with Gasteiger partial charge in [0.05, 0.1) is 6.42 Å². The third-order valence-corrected chi connectivity index (χ3v) is 2.60. The quantitative estimate of drug-likeness (QED) is 0.596. The summed E-state index contributed by atoms with van der Waals surface area (Å²) in [5.41, 5.74) is 1.67. The Hall–Kier alpha value is -2.43. The van der Waals surface area contributed by atoms with Crippen molar-refractivity contribution < 1.29 is 14.4 Å². The van der Waals surface area contributed by atoms with Crippen molar-refractivity contribution in [2.75, 3.05) is 11.9 Å². The van der Waals surface area contributed by atoms with Crippen molar-refractivity contribution in [2.45, 2.75) is 26.7 Å². The first-order valence-corrected chi connectivity index (χ1v) is 6.77. The van der Waals surface area contributed by atoms with E-state index >= 15 is 0 Å². The second-order valence-electron chi connectivity index (χ2n) is 4.72. The Balaban J connectivity index is 2.43. The highest BCUT2D eigenvalue weighted by atomic mass is 16.2. The van der Waals surface area contributed by atoms with Crippen LogP contribution in [0.25, 0.3) is 6.08 Å². The number of rotatable bonds is 7. The third-order valence-electron chi connectivity index (χ3n) is 2.60. The number of ketones is 1. The molecule has 0 atom stereocenters. The minimum atomic E-state index is -0.305. The maximum absolute atomic E-state index is 11.4. The Kier molecular flexibility index (Phi) is 6.87. The Morgan fingerprint density at radius 1 is 1.10 bits per heavy atom. The molecule has 5 nitrogen and oxygen atoms in total. The van der Waals surface area contributed by atoms with Gasteiger partial charge in [0.25, 0.3) is 0 Å². The summed E-state index contributed by atoms with van der Waals surface area (Å²) in [7, 11) is 0. The summed E-state index contributed by atoms with van der Waals surface area (Å²) in [6, 6.07) is 7.31. The summed E-state index contributed by atoms with van der Waals surface area (Å²) >= 11 is 0. The molecule has 1 rings (SSSR count). The molecule has 0 saturated heterocycles. The van der Waals surface area contributed by atoms with Crippen LogP contribution in [0.4, 0.5) is 5.69 Å². The molecule has 0 heterocycles. The van der Waals surface area contributed by atoms with E-state index in [9.17, 15) is 14.4 Å². The van der Waals surface area contributed by atoms with Crippen molar-refractivity contribution in [1.82, 2.24) is 5.32 Å². The van der Waals surface area contributed by atoms with Crippen molar-refractivity contribution in [3.63, 3.8) is 0 Å². The van der Waals surface area contributed by atoms with Gasteiger partial charge in [0.1, 0.15) is 5.78 Å². The maximum atomic E-state index is 11.4. The summed E-state index contributed by atoms with van der Waals surface area (Å²) < 4.78 is 0. The summed E-state index contributed by atoms with van der Waals surface area (Å²) in [5, 5.41) is 5.37. The standard InChI is InChI=1S/C16H20N2O3/c1-12(19)11-16(21)18-15-8-6-14(7-9-15)5-3-4-10-17-13(2)20/h3,5-9H,4,10-11H2,1-2H3,(H,17,20)(H,18,21). The Morgan fingerprint density at radius 3 is 2.33 bits per heavy atom. The van der Waals surface area contributed by atoms with Gasteiger partial charge in [-0.05, 0) is 31.0 Å². The summed E-state index contributed by atoms with van der Waals surface area (Å²) in [4.78, 5) is 32.9. The van der Waals surface area contributed by atoms with E-state index in [-0.39, 0.29) is 24.0 Å². The van der Waals surface area contributed by atoms with E-state index in [0.29, 0.717) is 12.2 Å². The third kappa shape index (κ3) is 7.67. The predicted molar refractivity (Wildman–Crippen MR) is 82.7 cm³/mol. The first-order valence-electron chi connectivity index (χ1n) is 6.77. The molecule has 0 aliphatic carbocycles. The lowest BCUT2D eigenvalue weighted by atomic mass is 10.1. The van der Waals surface area contributed by atoms with E-state index in [0.717, 1.165) is 12.0 Å². The molecule has 0 unspecified atom stereocenters. The van der Waals surface area contributed by atoms with Gasteiger partial charge in [-0.2, -0.15) is 0 Å². The Morgan fingerprint density at radius 2 is 1.76 bits per heavy atom. The summed E-state index contributed by atoms with van der Waals surface area (Å²) in [5.74, 6) is -0.499. The van der Waals surface area contributed by atoms with Gasteiger partial charge in [-0.15, -0.1) is 0 Å². The van der Waals surface area contributed by atoms with E-state index in [4.69, 9.17) is 0 Å². The lowest BCUT2D eigenvalue weighted by Gasteiger charge is -2.04. The van der Waals surface area contributed by atoms with E-state index in [1.165, 1.54) is 13.8 Å². The average Bonchev–Trinajstić information content (AvgIpc) is 2.39. The minimum absolute atomic E-state index is 0.0333. The topological polar surface area (TPSA) is 75.3 Å². The van der Waals surface area contributed by atoms with Gasteiger partial charge in [-0.1, -0.05) is 24.3 Å². The second-order valence-corrected chi connectivity index (χ2v) is 4.72. The van der Waals surface area contributed by atoms with Gasteiger partial charge in [-0.3, -0.25) is 14.4 Å². The van der Waals surface area contributed by atoms with Crippen LogP contribution < -0.4 is 10.6 Å². The second kappa shape index (κ2) is 8.68. The number of hydrogen-bond acceptors (Lipinski definition) is 3. The molecule has 5 heteroatoms. The van der Waals surface area contributed by atoms with Crippen molar-refractivity contribution in [1.29, 1.82) is 0 Å². The van der Waals surface area contributed by atoms with Crippen LogP contribution in [0.15, 0.2) is 30.3 Å². The van der Waals surface area contributed by atoms with Crippen LogP contribution in [0.1, 0.15) is 32.3 Å². The average molecular weight is 288 g/mol. The van der Waals surface area contributed by atoms with E-state index < -0.39 is 0 Å².